The first-order valence-electron chi connectivity index (χ1n) is 5.01. The van der Waals surface area contributed by atoms with Gasteiger partial charge in [0.1, 0.15) is 0 Å². The fourth-order valence-corrected chi connectivity index (χ4v) is 2.84. The van der Waals surface area contributed by atoms with Crippen LogP contribution in [0.1, 0.15) is 18.1 Å². The molecular weight excluding hydrogens is 292 g/mol. The van der Waals surface area contributed by atoms with Crippen LogP contribution in [0.4, 0.5) is 13.2 Å². The summed E-state index contributed by atoms with van der Waals surface area (Å²) in [5.41, 5.74) is -0.639. The second-order valence-electron chi connectivity index (χ2n) is 3.45. The zero-order valence-electron chi connectivity index (χ0n) is 9.41. The summed E-state index contributed by atoms with van der Waals surface area (Å²) < 4.78 is 58.3. The molecule has 1 rings (SSSR count). The predicted molar refractivity (Wildman–Crippen MR) is 61.3 cm³/mol. The van der Waals surface area contributed by atoms with E-state index in [1.165, 1.54) is 12.1 Å². The number of halogens is 4. The molecule has 0 spiro atoms. The van der Waals surface area contributed by atoms with Crippen LogP contribution in [-0.4, -0.2) is 6.61 Å². The van der Waals surface area contributed by atoms with Gasteiger partial charge in [0.15, 0.2) is 0 Å². The van der Waals surface area contributed by atoms with E-state index in [2.05, 4.69) is 4.08 Å². The van der Waals surface area contributed by atoms with Gasteiger partial charge >= 0.3 is 13.8 Å². The highest BCUT2D eigenvalue weighted by atomic mass is 35.5. The molecule has 0 radical (unpaired) electrons. The van der Waals surface area contributed by atoms with Gasteiger partial charge < -0.3 is 4.52 Å². The highest BCUT2D eigenvalue weighted by Gasteiger charge is 2.31. The van der Waals surface area contributed by atoms with E-state index in [1.807, 2.05) is 0 Å². The van der Waals surface area contributed by atoms with Gasteiger partial charge in [-0.25, -0.2) is 0 Å². The van der Waals surface area contributed by atoms with Gasteiger partial charge in [-0.15, -0.1) is 0 Å². The maximum Gasteiger partial charge on any atom is 0.416 e. The van der Waals surface area contributed by atoms with Gasteiger partial charge in [-0.2, -0.15) is 17.2 Å². The molecule has 1 unspecified atom stereocenters. The van der Waals surface area contributed by atoms with Crippen molar-refractivity contribution in [3.63, 3.8) is 0 Å². The summed E-state index contributed by atoms with van der Waals surface area (Å²) in [7, 11) is -3.60. The highest BCUT2D eigenvalue weighted by molar-refractivity contribution is 7.53. The van der Waals surface area contributed by atoms with Crippen LogP contribution < -0.4 is 0 Å². The zero-order valence-corrected chi connectivity index (χ0v) is 11.1. The maximum absolute atomic E-state index is 12.5. The average Bonchev–Trinajstić information content (AvgIpc) is 2.28. The molecule has 1 aromatic rings. The number of hydrogen-bond donors (Lipinski definition) is 0. The third-order valence-electron chi connectivity index (χ3n) is 2.06. The first-order valence-corrected chi connectivity index (χ1v) is 7.04. The Balaban J connectivity index is 2.95. The number of alkyl halides is 3. The fourth-order valence-electron chi connectivity index (χ4n) is 1.36. The zero-order chi connectivity index (χ0) is 13.8. The van der Waals surface area contributed by atoms with Crippen LogP contribution >= 0.6 is 19.5 Å². The SMILES string of the molecule is CCOP(=O)(Cc1cccc(C(F)(F)F)c1)OCl. The first kappa shape index (κ1) is 15.5. The molecule has 0 N–H and O–H groups in total. The monoisotopic (exact) mass is 302 g/mol. The summed E-state index contributed by atoms with van der Waals surface area (Å²) in [5.74, 6) is 0. The van der Waals surface area contributed by atoms with Crippen LogP contribution in [0.3, 0.4) is 0 Å². The van der Waals surface area contributed by atoms with Crippen LogP contribution in [0.15, 0.2) is 24.3 Å². The van der Waals surface area contributed by atoms with E-state index in [4.69, 9.17) is 16.4 Å². The summed E-state index contributed by atoms with van der Waals surface area (Å²) in [6.07, 6.45) is -4.76. The van der Waals surface area contributed by atoms with E-state index in [9.17, 15) is 17.7 Å². The van der Waals surface area contributed by atoms with E-state index >= 15 is 0 Å². The Morgan fingerprint density at radius 3 is 2.56 bits per heavy atom. The summed E-state index contributed by atoms with van der Waals surface area (Å²) in [6, 6.07) is 4.44. The van der Waals surface area contributed by atoms with Crippen LogP contribution in [0, 0.1) is 0 Å². The lowest BCUT2D eigenvalue weighted by atomic mass is 10.1. The van der Waals surface area contributed by atoms with Crippen molar-refractivity contribution in [2.24, 2.45) is 0 Å². The minimum Gasteiger partial charge on any atom is -0.308 e. The van der Waals surface area contributed by atoms with Crippen molar-refractivity contribution in [1.29, 1.82) is 0 Å². The van der Waals surface area contributed by atoms with E-state index in [0.29, 0.717) is 0 Å². The van der Waals surface area contributed by atoms with E-state index in [0.717, 1.165) is 12.1 Å². The maximum atomic E-state index is 12.5. The molecule has 0 saturated carbocycles. The molecule has 0 amide bonds. The standard InChI is InChI=1S/C10H11ClF3O3P/c1-2-16-18(15,17-11)7-8-4-3-5-9(6-8)10(12,13)14/h3-6H,2,7H2,1H3. The number of rotatable bonds is 5. The van der Waals surface area contributed by atoms with E-state index in [-0.39, 0.29) is 18.3 Å². The van der Waals surface area contributed by atoms with Gasteiger partial charge in [0, 0.05) is 0 Å². The summed E-state index contributed by atoms with van der Waals surface area (Å²) in [5, 5.41) is 0. The molecule has 0 aliphatic rings. The fraction of sp³-hybridized carbons (Fsp3) is 0.400. The predicted octanol–water partition coefficient (Wildman–Crippen LogP) is 4.61. The Kier molecular flexibility index (Phi) is 5.22. The van der Waals surface area contributed by atoms with Crippen LogP contribution in [-0.2, 0) is 25.5 Å². The Bertz CT molecular complexity index is 450. The minimum absolute atomic E-state index is 0.0863. The molecule has 8 heteroatoms. The van der Waals surface area contributed by atoms with Gasteiger partial charge in [-0.05, 0) is 18.6 Å². The lowest BCUT2D eigenvalue weighted by molar-refractivity contribution is -0.137. The van der Waals surface area contributed by atoms with Crippen molar-refractivity contribution in [2.45, 2.75) is 19.3 Å². The molecular formula is C10H11ClF3O3P. The summed E-state index contributed by atoms with van der Waals surface area (Å²) >= 11 is 5.06. The molecule has 0 aliphatic carbocycles. The molecule has 0 heterocycles. The molecule has 3 nitrogen and oxygen atoms in total. The number of benzene rings is 1. The minimum atomic E-state index is -4.45. The van der Waals surface area contributed by atoms with Crippen molar-refractivity contribution in [3.05, 3.63) is 35.4 Å². The van der Waals surface area contributed by atoms with Gasteiger partial charge in [0.25, 0.3) is 0 Å². The molecule has 0 aliphatic heterocycles. The van der Waals surface area contributed by atoms with Gasteiger partial charge in [0.05, 0.1) is 30.2 Å². The van der Waals surface area contributed by atoms with Crippen LogP contribution in [0.5, 0.6) is 0 Å². The Morgan fingerprint density at radius 1 is 1.39 bits per heavy atom. The average molecular weight is 303 g/mol. The van der Waals surface area contributed by atoms with Crippen molar-refractivity contribution >= 4 is 19.5 Å². The lowest BCUT2D eigenvalue weighted by Crippen LogP contribution is -2.05. The number of hydrogen-bond acceptors (Lipinski definition) is 3. The Morgan fingerprint density at radius 2 is 2.06 bits per heavy atom. The Labute approximate surface area is 108 Å². The molecule has 1 aromatic carbocycles. The van der Waals surface area contributed by atoms with Crippen molar-refractivity contribution in [2.75, 3.05) is 6.61 Å². The first-order chi connectivity index (χ1) is 8.30. The van der Waals surface area contributed by atoms with Crippen molar-refractivity contribution in [3.8, 4) is 0 Å². The van der Waals surface area contributed by atoms with Gasteiger partial charge in [-0.1, -0.05) is 18.2 Å². The largest absolute Gasteiger partial charge is 0.416 e. The van der Waals surface area contributed by atoms with E-state index < -0.39 is 19.3 Å². The normalized spacial score (nSPS) is 15.4. The third kappa shape index (κ3) is 4.28. The van der Waals surface area contributed by atoms with Crippen molar-refractivity contribution in [1.82, 2.24) is 0 Å². The van der Waals surface area contributed by atoms with E-state index in [1.54, 1.807) is 6.92 Å². The lowest BCUT2D eigenvalue weighted by Gasteiger charge is -2.14. The van der Waals surface area contributed by atoms with Crippen molar-refractivity contribution < 1.29 is 26.3 Å². The molecule has 0 fully saturated rings. The third-order valence-corrected chi connectivity index (χ3v) is 4.31. The molecule has 18 heavy (non-hydrogen) atoms. The molecule has 0 aromatic heterocycles. The van der Waals surface area contributed by atoms with Crippen LogP contribution in [0.25, 0.3) is 0 Å². The smallest absolute Gasteiger partial charge is 0.308 e. The van der Waals surface area contributed by atoms with Crippen LogP contribution in [0.2, 0.25) is 0 Å². The Hall–Kier alpha value is -0.550. The van der Waals surface area contributed by atoms with Gasteiger partial charge in [0.2, 0.25) is 0 Å². The molecule has 0 bridgehead atoms. The second-order valence-corrected chi connectivity index (χ2v) is 5.80. The topological polar surface area (TPSA) is 35.5 Å². The summed E-state index contributed by atoms with van der Waals surface area (Å²) in [6.45, 7) is 1.66. The molecule has 102 valence electrons. The second kappa shape index (κ2) is 6.06. The highest BCUT2D eigenvalue weighted by Crippen LogP contribution is 2.52. The summed E-state index contributed by atoms with van der Waals surface area (Å²) in [4.78, 5) is 0. The quantitative estimate of drug-likeness (QED) is 0.745. The van der Waals surface area contributed by atoms with Gasteiger partial charge in [-0.3, -0.25) is 4.57 Å². The molecule has 1 atom stereocenters. The molecule has 0 saturated heterocycles.